The van der Waals surface area contributed by atoms with E-state index in [0.29, 0.717) is 6.42 Å². The summed E-state index contributed by atoms with van der Waals surface area (Å²) in [6.07, 6.45) is 0.352. The van der Waals surface area contributed by atoms with E-state index in [2.05, 4.69) is 10.3 Å². The first-order valence-corrected chi connectivity index (χ1v) is 11.0. The van der Waals surface area contributed by atoms with Gasteiger partial charge in [0.05, 0.1) is 21.9 Å². The van der Waals surface area contributed by atoms with E-state index < -0.39 is 33.9 Å². The number of nitrogens with one attached hydrogen (secondary N) is 1. The van der Waals surface area contributed by atoms with E-state index in [0.717, 1.165) is 9.88 Å². The number of nitrogens with zero attached hydrogens (tertiary/aromatic N) is 1. The fraction of sp³-hybridized carbons (Fsp3) is 0.400. The van der Waals surface area contributed by atoms with Crippen LogP contribution in [0.1, 0.15) is 23.8 Å². The molecule has 0 bridgehead atoms. The lowest BCUT2D eigenvalue weighted by atomic mass is 10.0. The predicted octanol–water partition coefficient (Wildman–Crippen LogP) is 1.72. The third kappa shape index (κ3) is 4.44. The molecule has 0 spiro atoms. The van der Waals surface area contributed by atoms with Gasteiger partial charge in [0.1, 0.15) is 5.01 Å². The van der Waals surface area contributed by atoms with Crippen molar-refractivity contribution in [2.24, 2.45) is 0 Å². The van der Waals surface area contributed by atoms with Gasteiger partial charge in [0.2, 0.25) is 0 Å². The summed E-state index contributed by atoms with van der Waals surface area (Å²) in [7, 11) is -3.12. The van der Waals surface area contributed by atoms with Crippen molar-refractivity contribution in [3.63, 3.8) is 0 Å². The van der Waals surface area contributed by atoms with Crippen molar-refractivity contribution in [3.8, 4) is 9.88 Å². The lowest BCUT2D eigenvalue weighted by Gasteiger charge is -2.23. The summed E-state index contributed by atoms with van der Waals surface area (Å²) in [6, 6.07) is 3.80. The molecule has 0 aliphatic carbocycles. The molecule has 2 aromatic heterocycles. The molecule has 1 aliphatic rings. The first kappa shape index (κ1) is 18.0. The van der Waals surface area contributed by atoms with Crippen molar-refractivity contribution in [2.45, 2.75) is 18.9 Å². The summed E-state index contributed by atoms with van der Waals surface area (Å²) < 4.78 is 28.0. The zero-order chi connectivity index (χ0) is 18.1. The van der Waals surface area contributed by atoms with Gasteiger partial charge in [-0.1, -0.05) is 6.07 Å². The molecule has 0 aromatic carbocycles. The standard InChI is InChI=1S/C15H16N2O5S3/c1-15(4-6-25(20,21)9-15)17-12(18)7-22-14(19)10-8-24-13(16-10)11-3-2-5-23-11/h2-3,5,8H,4,6-7,9H2,1H3,(H,17,18)/t15-/m1/s1. The Morgan fingerprint density at radius 3 is 2.84 bits per heavy atom. The van der Waals surface area contributed by atoms with Crippen molar-refractivity contribution >= 4 is 44.4 Å². The number of rotatable bonds is 5. The van der Waals surface area contributed by atoms with E-state index in [1.165, 1.54) is 22.7 Å². The van der Waals surface area contributed by atoms with Gasteiger partial charge in [-0.15, -0.1) is 22.7 Å². The summed E-state index contributed by atoms with van der Waals surface area (Å²) in [5, 5.41) is 6.85. The van der Waals surface area contributed by atoms with Gasteiger partial charge < -0.3 is 10.1 Å². The van der Waals surface area contributed by atoms with Crippen LogP contribution in [0.3, 0.4) is 0 Å². The number of carbonyl (C=O) groups excluding carboxylic acids is 2. The van der Waals surface area contributed by atoms with E-state index in [1.807, 2.05) is 17.5 Å². The van der Waals surface area contributed by atoms with Crippen LogP contribution < -0.4 is 5.32 Å². The number of ether oxygens (including phenoxy) is 1. The Morgan fingerprint density at radius 1 is 1.40 bits per heavy atom. The Bertz CT molecular complexity index is 888. The summed E-state index contributed by atoms with van der Waals surface area (Å²) in [5.74, 6) is -1.26. The van der Waals surface area contributed by atoms with Crippen LogP contribution in [0.25, 0.3) is 9.88 Å². The molecule has 25 heavy (non-hydrogen) atoms. The topological polar surface area (TPSA) is 102 Å². The molecule has 3 rings (SSSR count). The van der Waals surface area contributed by atoms with E-state index in [9.17, 15) is 18.0 Å². The van der Waals surface area contributed by atoms with Gasteiger partial charge in [-0.05, 0) is 24.8 Å². The third-order valence-electron chi connectivity index (χ3n) is 3.72. The maximum Gasteiger partial charge on any atom is 0.358 e. The molecular weight excluding hydrogens is 384 g/mol. The van der Waals surface area contributed by atoms with Crippen molar-refractivity contribution in [2.75, 3.05) is 18.1 Å². The number of esters is 1. The van der Waals surface area contributed by atoms with Gasteiger partial charge >= 0.3 is 5.97 Å². The average Bonchev–Trinajstić information content (AvgIpc) is 3.24. The van der Waals surface area contributed by atoms with Gasteiger partial charge in [-0.2, -0.15) is 0 Å². The molecule has 3 heterocycles. The highest BCUT2D eigenvalue weighted by Crippen LogP contribution is 2.28. The fourth-order valence-electron chi connectivity index (χ4n) is 2.57. The van der Waals surface area contributed by atoms with Crippen LogP contribution in [-0.2, 0) is 19.4 Å². The van der Waals surface area contributed by atoms with Crippen molar-refractivity contribution in [3.05, 3.63) is 28.6 Å². The van der Waals surface area contributed by atoms with Crippen LogP contribution in [0.2, 0.25) is 0 Å². The van der Waals surface area contributed by atoms with Crippen LogP contribution in [0, 0.1) is 0 Å². The third-order valence-corrected chi connectivity index (χ3v) is 7.51. The van der Waals surface area contributed by atoms with E-state index in [-0.39, 0.29) is 17.2 Å². The molecular formula is C15H16N2O5S3. The van der Waals surface area contributed by atoms with Crippen molar-refractivity contribution in [1.29, 1.82) is 0 Å². The maximum absolute atomic E-state index is 12.0. The van der Waals surface area contributed by atoms with Gasteiger partial charge in [0.15, 0.2) is 22.1 Å². The molecule has 1 aliphatic heterocycles. The van der Waals surface area contributed by atoms with Crippen LogP contribution in [0.5, 0.6) is 0 Å². The number of hydrogen-bond acceptors (Lipinski definition) is 8. The maximum atomic E-state index is 12.0. The highest BCUT2D eigenvalue weighted by Gasteiger charge is 2.39. The van der Waals surface area contributed by atoms with E-state index in [4.69, 9.17) is 4.74 Å². The normalized spacial score (nSPS) is 21.8. The van der Waals surface area contributed by atoms with Crippen LogP contribution >= 0.6 is 22.7 Å². The number of hydrogen-bond donors (Lipinski definition) is 1. The molecule has 0 saturated carbocycles. The van der Waals surface area contributed by atoms with Crippen LogP contribution in [0.15, 0.2) is 22.9 Å². The van der Waals surface area contributed by atoms with Crippen LogP contribution in [0.4, 0.5) is 0 Å². The largest absolute Gasteiger partial charge is 0.451 e. The molecule has 1 fully saturated rings. The number of thiophene rings is 1. The molecule has 1 atom stereocenters. The summed E-state index contributed by atoms with van der Waals surface area (Å²) >= 11 is 2.85. The lowest BCUT2D eigenvalue weighted by Crippen LogP contribution is -2.48. The monoisotopic (exact) mass is 400 g/mol. The number of sulfone groups is 1. The zero-order valence-corrected chi connectivity index (χ0v) is 15.8. The van der Waals surface area contributed by atoms with Gasteiger partial charge in [0.25, 0.3) is 5.91 Å². The Balaban J connectivity index is 1.53. The Hall–Kier alpha value is -1.78. The molecule has 1 saturated heterocycles. The Labute approximate surface area is 153 Å². The predicted molar refractivity (Wildman–Crippen MR) is 95.5 cm³/mol. The highest BCUT2D eigenvalue weighted by molar-refractivity contribution is 7.91. The minimum atomic E-state index is -3.12. The van der Waals surface area contributed by atoms with E-state index in [1.54, 1.807) is 12.3 Å². The minimum absolute atomic E-state index is 0.0495. The zero-order valence-electron chi connectivity index (χ0n) is 13.4. The van der Waals surface area contributed by atoms with Crippen molar-refractivity contribution in [1.82, 2.24) is 10.3 Å². The summed E-state index contributed by atoms with van der Waals surface area (Å²) in [4.78, 5) is 29.1. The SMILES string of the molecule is C[C@@]1(NC(=O)COC(=O)c2csc(-c3cccs3)n2)CCS(=O)(=O)C1. The smallest absolute Gasteiger partial charge is 0.358 e. The second kappa shape index (κ2) is 6.85. The molecule has 134 valence electrons. The summed E-state index contributed by atoms with van der Waals surface area (Å²) in [5.41, 5.74) is -0.661. The second-order valence-electron chi connectivity index (χ2n) is 6.04. The second-order valence-corrected chi connectivity index (χ2v) is 10.0. The first-order chi connectivity index (χ1) is 11.8. The number of aromatic nitrogens is 1. The number of amides is 1. The van der Waals surface area contributed by atoms with Gasteiger partial charge in [-0.3, -0.25) is 4.79 Å². The minimum Gasteiger partial charge on any atom is -0.451 e. The van der Waals surface area contributed by atoms with Crippen molar-refractivity contribution < 1.29 is 22.7 Å². The first-order valence-electron chi connectivity index (χ1n) is 7.44. The molecule has 1 amide bonds. The molecule has 0 unspecified atom stereocenters. The Morgan fingerprint density at radius 2 is 2.20 bits per heavy atom. The quantitative estimate of drug-likeness (QED) is 0.767. The molecule has 10 heteroatoms. The number of carbonyl (C=O) groups is 2. The average molecular weight is 401 g/mol. The van der Waals surface area contributed by atoms with Gasteiger partial charge in [0, 0.05) is 5.38 Å². The Kier molecular flexibility index (Phi) is 4.94. The lowest BCUT2D eigenvalue weighted by molar-refractivity contribution is -0.125. The number of thiazole rings is 1. The summed E-state index contributed by atoms with van der Waals surface area (Å²) in [6.45, 7) is 1.20. The fourth-order valence-corrected chi connectivity index (χ4v) is 6.26. The van der Waals surface area contributed by atoms with E-state index >= 15 is 0 Å². The van der Waals surface area contributed by atoms with Gasteiger partial charge in [-0.25, -0.2) is 18.2 Å². The molecule has 7 nitrogen and oxygen atoms in total. The molecule has 0 radical (unpaired) electrons. The molecule has 2 aromatic rings. The van der Waals surface area contributed by atoms with Crippen LogP contribution in [-0.4, -0.2) is 48.9 Å². The highest BCUT2D eigenvalue weighted by atomic mass is 32.2. The molecule has 1 N–H and O–H groups in total.